The number of nitrogens with zero attached hydrogens (tertiary/aromatic N) is 3. The van der Waals surface area contributed by atoms with E-state index in [1.165, 1.54) is 0 Å². The molecule has 0 fully saturated rings. The van der Waals surface area contributed by atoms with Crippen molar-refractivity contribution >= 4 is 28.0 Å². The summed E-state index contributed by atoms with van der Waals surface area (Å²) in [6.45, 7) is 0.306. The summed E-state index contributed by atoms with van der Waals surface area (Å²) in [5.41, 5.74) is 4.75. The zero-order chi connectivity index (χ0) is 20.3. The van der Waals surface area contributed by atoms with Crippen LogP contribution in [0.15, 0.2) is 84.1 Å². The molecule has 146 valence electrons. The molecule has 0 aliphatic rings. The van der Waals surface area contributed by atoms with Crippen molar-refractivity contribution in [1.29, 1.82) is 0 Å². The lowest BCUT2D eigenvalue weighted by Crippen LogP contribution is -1.91. The predicted molar refractivity (Wildman–Crippen MR) is 117 cm³/mol. The zero-order valence-corrected chi connectivity index (χ0v) is 16.0. The van der Waals surface area contributed by atoms with Gasteiger partial charge in [-0.25, -0.2) is 4.98 Å². The van der Waals surface area contributed by atoms with E-state index in [2.05, 4.69) is 15.1 Å². The Morgan fingerprint density at radius 3 is 2.80 bits per heavy atom. The number of aromatic amines is 1. The number of aromatic hydroxyl groups is 1. The smallest absolute Gasteiger partial charge is 0.199 e. The molecule has 0 aliphatic carbocycles. The second-order valence-corrected chi connectivity index (χ2v) is 6.87. The Balaban J connectivity index is 1.41. The van der Waals surface area contributed by atoms with Crippen LogP contribution < -0.4 is 0 Å². The van der Waals surface area contributed by atoms with Crippen LogP contribution >= 0.6 is 0 Å². The molecule has 0 radical (unpaired) electrons. The van der Waals surface area contributed by atoms with Gasteiger partial charge in [0.15, 0.2) is 12.5 Å². The first kappa shape index (κ1) is 17.9. The topological polar surface area (TPSA) is 83.4 Å². The van der Waals surface area contributed by atoms with Gasteiger partial charge in [-0.1, -0.05) is 47.6 Å². The molecular weight excluding hydrogens is 376 g/mol. The minimum absolute atomic E-state index is 0.0910. The number of nitrogens with one attached hydrogen (secondary N) is 1. The van der Waals surface area contributed by atoms with E-state index >= 15 is 0 Å². The van der Waals surface area contributed by atoms with Crippen LogP contribution in [0.25, 0.3) is 33.1 Å². The Bertz CT molecular complexity index is 1360. The Kier molecular flexibility index (Phi) is 4.57. The van der Waals surface area contributed by atoms with Gasteiger partial charge in [0.2, 0.25) is 0 Å². The molecular formula is C24H18N4O2. The Morgan fingerprint density at radius 1 is 1.00 bits per heavy atom. The molecule has 0 saturated heterocycles. The number of rotatable bonds is 5. The molecule has 3 heterocycles. The molecule has 0 amide bonds. The number of fused-ring (bicyclic) bond motifs is 2. The minimum Gasteiger partial charge on any atom is -0.494 e. The maximum absolute atomic E-state index is 10.5. The highest BCUT2D eigenvalue weighted by molar-refractivity contribution is 6.01. The van der Waals surface area contributed by atoms with Gasteiger partial charge in [0.05, 0.1) is 28.7 Å². The Hall–Kier alpha value is -4.19. The molecule has 0 atom stereocenters. The Morgan fingerprint density at radius 2 is 1.90 bits per heavy atom. The fourth-order valence-corrected chi connectivity index (χ4v) is 3.43. The number of oxime groups is 1. The lowest BCUT2D eigenvalue weighted by Gasteiger charge is -2.03. The molecule has 6 heteroatoms. The number of para-hydroxylation sites is 1. The van der Waals surface area contributed by atoms with Crippen molar-refractivity contribution in [1.82, 2.24) is 15.0 Å². The lowest BCUT2D eigenvalue weighted by molar-refractivity contribution is 0.129. The SMILES string of the molecule is Oc1[nH]c2cc(/C=N/OCc3ccccn3)ccc2c1-c1ccc2ccccc2n1. The standard InChI is InChI=1S/C24H18N4O2/c29-24-23(21-11-9-17-5-1-2-7-20(17)27-21)19-10-8-16(13-22(19)28-24)14-26-30-15-18-6-3-4-12-25-18/h1-14,28-29H,15H2/b26-14+. The van der Waals surface area contributed by atoms with E-state index in [0.717, 1.165) is 38.8 Å². The maximum Gasteiger partial charge on any atom is 0.199 e. The molecule has 0 bridgehead atoms. The highest BCUT2D eigenvalue weighted by Crippen LogP contribution is 2.36. The molecule has 0 unspecified atom stereocenters. The van der Waals surface area contributed by atoms with Crippen molar-refractivity contribution in [2.45, 2.75) is 6.61 Å². The van der Waals surface area contributed by atoms with E-state index in [-0.39, 0.29) is 5.88 Å². The molecule has 5 aromatic rings. The third kappa shape index (κ3) is 3.46. The number of benzene rings is 2. The van der Waals surface area contributed by atoms with Crippen LogP contribution in [-0.4, -0.2) is 26.3 Å². The van der Waals surface area contributed by atoms with E-state index in [4.69, 9.17) is 9.82 Å². The summed E-state index contributed by atoms with van der Waals surface area (Å²) in [6, 6.07) is 23.3. The number of aromatic nitrogens is 3. The third-order valence-electron chi connectivity index (χ3n) is 4.87. The van der Waals surface area contributed by atoms with Gasteiger partial charge in [0.25, 0.3) is 0 Å². The van der Waals surface area contributed by atoms with Crippen molar-refractivity contribution < 1.29 is 9.94 Å². The summed E-state index contributed by atoms with van der Waals surface area (Å²) in [7, 11) is 0. The van der Waals surface area contributed by atoms with Crippen LogP contribution in [0, 0.1) is 0 Å². The van der Waals surface area contributed by atoms with Crippen LogP contribution in [0.4, 0.5) is 0 Å². The van der Waals surface area contributed by atoms with Crippen molar-refractivity contribution in [2.24, 2.45) is 5.16 Å². The summed E-state index contributed by atoms with van der Waals surface area (Å²) in [5, 5.41) is 16.5. The van der Waals surface area contributed by atoms with Gasteiger partial charge in [0, 0.05) is 22.5 Å². The summed E-state index contributed by atoms with van der Waals surface area (Å²) in [5.74, 6) is 0.0910. The third-order valence-corrected chi connectivity index (χ3v) is 4.87. The zero-order valence-electron chi connectivity index (χ0n) is 16.0. The highest BCUT2D eigenvalue weighted by Gasteiger charge is 2.14. The van der Waals surface area contributed by atoms with Gasteiger partial charge in [-0.15, -0.1) is 0 Å². The van der Waals surface area contributed by atoms with Gasteiger partial charge >= 0.3 is 0 Å². The van der Waals surface area contributed by atoms with E-state index in [1.807, 2.05) is 72.8 Å². The predicted octanol–water partition coefficient (Wildman–Crippen LogP) is 5.03. The van der Waals surface area contributed by atoms with E-state index in [1.54, 1.807) is 12.4 Å². The summed E-state index contributed by atoms with van der Waals surface area (Å²) in [6.07, 6.45) is 3.35. The Labute approximate surface area is 172 Å². The molecule has 6 nitrogen and oxygen atoms in total. The largest absolute Gasteiger partial charge is 0.494 e. The molecule has 2 aromatic carbocycles. The summed E-state index contributed by atoms with van der Waals surface area (Å²) < 4.78 is 0. The van der Waals surface area contributed by atoms with Gasteiger partial charge < -0.3 is 14.9 Å². The first-order chi connectivity index (χ1) is 14.8. The first-order valence-electron chi connectivity index (χ1n) is 9.54. The molecule has 0 aliphatic heterocycles. The molecule has 5 rings (SSSR count). The number of H-pyrrole nitrogens is 1. The molecule has 0 spiro atoms. The second-order valence-electron chi connectivity index (χ2n) is 6.87. The quantitative estimate of drug-likeness (QED) is 0.323. The van der Waals surface area contributed by atoms with Crippen LogP contribution in [0.3, 0.4) is 0 Å². The van der Waals surface area contributed by atoms with Gasteiger partial charge in [-0.2, -0.15) is 0 Å². The van der Waals surface area contributed by atoms with E-state index in [9.17, 15) is 5.11 Å². The second kappa shape index (κ2) is 7.67. The van der Waals surface area contributed by atoms with Crippen molar-refractivity contribution in [3.63, 3.8) is 0 Å². The van der Waals surface area contributed by atoms with Gasteiger partial charge in [-0.05, 0) is 35.9 Å². The molecule has 30 heavy (non-hydrogen) atoms. The average Bonchev–Trinajstić information content (AvgIpc) is 3.12. The maximum atomic E-state index is 10.5. The van der Waals surface area contributed by atoms with Crippen molar-refractivity contribution in [3.05, 3.63) is 90.3 Å². The highest BCUT2D eigenvalue weighted by atomic mass is 16.6. The summed E-state index contributed by atoms with van der Waals surface area (Å²) in [4.78, 5) is 17.2. The number of pyridine rings is 2. The van der Waals surface area contributed by atoms with Crippen LogP contribution in [0.2, 0.25) is 0 Å². The first-order valence-corrected chi connectivity index (χ1v) is 9.54. The molecule has 3 aromatic heterocycles. The van der Waals surface area contributed by atoms with Gasteiger partial charge in [-0.3, -0.25) is 4.98 Å². The lowest BCUT2D eigenvalue weighted by atomic mass is 10.1. The average molecular weight is 394 g/mol. The van der Waals surface area contributed by atoms with E-state index < -0.39 is 0 Å². The summed E-state index contributed by atoms with van der Waals surface area (Å²) >= 11 is 0. The minimum atomic E-state index is 0.0910. The normalized spacial score (nSPS) is 11.5. The molecule has 2 N–H and O–H groups in total. The van der Waals surface area contributed by atoms with Crippen molar-refractivity contribution in [2.75, 3.05) is 0 Å². The monoisotopic (exact) mass is 394 g/mol. The van der Waals surface area contributed by atoms with Crippen LogP contribution in [0.5, 0.6) is 5.88 Å². The van der Waals surface area contributed by atoms with Crippen LogP contribution in [-0.2, 0) is 11.4 Å². The fraction of sp³-hybridized carbons (Fsp3) is 0.0417. The molecule has 0 saturated carbocycles. The van der Waals surface area contributed by atoms with Gasteiger partial charge in [0.1, 0.15) is 0 Å². The number of hydrogen-bond acceptors (Lipinski definition) is 5. The number of hydrogen-bond donors (Lipinski definition) is 2. The van der Waals surface area contributed by atoms with Crippen LogP contribution in [0.1, 0.15) is 11.3 Å². The van der Waals surface area contributed by atoms with E-state index in [0.29, 0.717) is 12.2 Å². The van der Waals surface area contributed by atoms with Crippen molar-refractivity contribution in [3.8, 4) is 17.1 Å². The fourth-order valence-electron chi connectivity index (χ4n) is 3.43.